The number of halogens is 3. The number of hydrogen-bond acceptors (Lipinski definition) is 2. The Hall–Kier alpha value is -0.880. The lowest BCUT2D eigenvalue weighted by atomic mass is 10.1. The van der Waals surface area contributed by atoms with E-state index in [0.717, 1.165) is 5.56 Å². The normalized spacial score (nSPS) is 12.6. The van der Waals surface area contributed by atoms with Crippen LogP contribution in [0.1, 0.15) is 18.1 Å². The van der Waals surface area contributed by atoms with Crippen molar-refractivity contribution < 1.29 is 4.74 Å². The zero-order valence-corrected chi connectivity index (χ0v) is 11.1. The van der Waals surface area contributed by atoms with Gasteiger partial charge in [-0.1, -0.05) is 65.1 Å². The van der Waals surface area contributed by atoms with E-state index in [1.165, 1.54) is 0 Å². The summed E-state index contributed by atoms with van der Waals surface area (Å²) >= 11 is 16.6. The quantitative estimate of drug-likeness (QED) is 0.386. The van der Waals surface area contributed by atoms with Crippen molar-refractivity contribution in [2.75, 3.05) is 0 Å². The molecule has 1 aromatic carbocycles. The summed E-state index contributed by atoms with van der Waals surface area (Å²) in [4.78, 5) is 0. The molecule has 1 rings (SSSR count). The van der Waals surface area contributed by atoms with E-state index in [1.54, 1.807) is 0 Å². The molecule has 0 saturated heterocycles. The van der Waals surface area contributed by atoms with Crippen molar-refractivity contribution >= 4 is 40.7 Å². The van der Waals surface area contributed by atoms with Crippen molar-refractivity contribution in [2.45, 2.75) is 16.3 Å². The van der Waals surface area contributed by atoms with Crippen molar-refractivity contribution in [3.05, 3.63) is 35.9 Å². The Bertz CT molecular complexity index is 420. The summed E-state index contributed by atoms with van der Waals surface area (Å²) in [7, 11) is 0. The number of hydrogen-bond donors (Lipinski definition) is 1. The maximum absolute atomic E-state index is 7.51. The zero-order valence-electron chi connectivity index (χ0n) is 8.79. The van der Waals surface area contributed by atoms with E-state index in [-0.39, 0.29) is 0 Å². The predicted octanol–water partition coefficient (Wildman–Crippen LogP) is 4.12. The Morgan fingerprint density at radius 3 is 2.41 bits per heavy atom. The van der Waals surface area contributed by atoms with Gasteiger partial charge in [0.1, 0.15) is 6.10 Å². The first-order valence-electron chi connectivity index (χ1n) is 4.76. The zero-order chi connectivity index (χ0) is 12.9. The molecular formula is C12H10Cl3NO. The fourth-order valence-electron chi connectivity index (χ4n) is 1.21. The Labute approximate surface area is 115 Å². The van der Waals surface area contributed by atoms with E-state index in [4.69, 9.17) is 51.4 Å². The maximum atomic E-state index is 7.51. The molecule has 0 saturated carbocycles. The van der Waals surface area contributed by atoms with Crippen LogP contribution < -0.4 is 0 Å². The minimum absolute atomic E-state index is 0.299. The monoisotopic (exact) mass is 289 g/mol. The van der Waals surface area contributed by atoms with Crippen molar-refractivity contribution in [3.63, 3.8) is 0 Å². The second-order valence-corrected chi connectivity index (χ2v) is 5.53. The molecule has 0 bridgehead atoms. The number of rotatable bonds is 3. The Morgan fingerprint density at radius 1 is 1.35 bits per heavy atom. The van der Waals surface area contributed by atoms with Gasteiger partial charge in [0.05, 0.1) is 6.42 Å². The van der Waals surface area contributed by atoms with Crippen LogP contribution in [0, 0.1) is 17.8 Å². The molecule has 17 heavy (non-hydrogen) atoms. The molecule has 0 aliphatic rings. The molecule has 1 unspecified atom stereocenters. The number of ether oxygens (including phenoxy) is 1. The van der Waals surface area contributed by atoms with Gasteiger partial charge in [-0.05, 0) is 5.56 Å². The van der Waals surface area contributed by atoms with Crippen LogP contribution in [-0.2, 0) is 4.74 Å². The lowest BCUT2D eigenvalue weighted by molar-refractivity contribution is 0.191. The van der Waals surface area contributed by atoms with E-state index in [0.29, 0.717) is 6.42 Å². The molecule has 5 heteroatoms. The lowest BCUT2D eigenvalue weighted by Gasteiger charge is -2.21. The fraction of sp³-hybridized carbons (Fsp3) is 0.250. The van der Waals surface area contributed by atoms with Crippen molar-refractivity contribution in [3.8, 4) is 12.3 Å². The highest BCUT2D eigenvalue weighted by Gasteiger charge is 2.30. The van der Waals surface area contributed by atoms with E-state index < -0.39 is 15.8 Å². The predicted molar refractivity (Wildman–Crippen MR) is 71.7 cm³/mol. The van der Waals surface area contributed by atoms with E-state index in [1.807, 2.05) is 30.3 Å². The molecular weight excluding hydrogens is 280 g/mol. The second kappa shape index (κ2) is 6.16. The highest BCUT2D eigenvalue weighted by Crippen LogP contribution is 2.31. The van der Waals surface area contributed by atoms with Crippen LogP contribution in [0.25, 0.3) is 0 Å². The van der Waals surface area contributed by atoms with Gasteiger partial charge in [0, 0.05) is 0 Å². The summed E-state index contributed by atoms with van der Waals surface area (Å²) < 4.78 is 3.41. The van der Waals surface area contributed by atoms with Gasteiger partial charge in [-0.2, -0.15) is 0 Å². The van der Waals surface area contributed by atoms with Crippen LogP contribution in [0.2, 0.25) is 0 Å². The third-order valence-electron chi connectivity index (χ3n) is 1.99. The molecule has 1 aromatic rings. The van der Waals surface area contributed by atoms with Gasteiger partial charge in [-0.25, -0.2) is 0 Å². The van der Waals surface area contributed by atoms with Gasteiger partial charge >= 0.3 is 0 Å². The summed E-state index contributed by atoms with van der Waals surface area (Å²) in [6.45, 7) is 0. The van der Waals surface area contributed by atoms with Crippen molar-refractivity contribution in [1.29, 1.82) is 5.41 Å². The van der Waals surface area contributed by atoms with Crippen LogP contribution in [0.5, 0.6) is 0 Å². The van der Waals surface area contributed by atoms with E-state index in [2.05, 4.69) is 5.92 Å². The number of alkyl halides is 3. The van der Waals surface area contributed by atoms with Crippen molar-refractivity contribution in [2.24, 2.45) is 0 Å². The Morgan fingerprint density at radius 2 is 1.94 bits per heavy atom. The van der Waals surface area contributed by atoms with Gasteiger partial charge in [0.15, 0.2) is 0 Å². The number of benzene rings is 1. The third-order valence-corrected chi connectivity index (χ3v) is 2.51. The lowest BCUT2D eigenvalue weighted by Crippen LogP contribution is -2.23. The summed E-state index contributed by atoms with van der Waals surface area (Å²) in [6, 6.07) is 9.25. The molecule has 2 nitrogen and oxygen atoms in total. The number of terminal acetylenes is 1. The van der Waals surface area contributed by atoms with Crippen LogP contribution in [0.4, 0.5) is 0 Å². The largest absolute Gasteiger partial charge is 0.469 e. The smallest absolute Gasteiger partial charge is 0.265 e. The second-order valence-electron chi connectivity index (χ2n) is 3.25. The van der Waals surface area contributed by atoms with Crippen molar-refractivity contribution in [1.82, 2.24) is 0 Å². The van der Waals surface area contributed by atoms with E-state index in [9.17, 15) is 0 Å². The highest BCUT2D eigenvalue weighted by molar-refractivity contribution is 6.76. The van der Waals surface area contributed by atoms with Crippen LogP contribution in [-0.4, -0.2) is 9.69 Å². The maximum Gasteiger partial charge on any atom is 0.265 e. The summed E-state index contributed by atoms with van der Waals surface area (Å²) in [5.41, 5.74) is 0.837. The first-order chi connectivity index (χ1) is 7.95. The first-order valence-corrected chi connectivity index (χ1v) is 5.89. The standard InChI is InChI=1S/C12H10Cl3NO/c1-2-6-10(9-7-4-3-5-8-9)17-11(16)12(13,14)15/h1,3-5,7-8,10,16H,6H2. The minimum Gasteiger partial charge on any atom is -0.469 e. The van der Waals surface area contributed by atoms with Gasteiger partial charge < -0.3 is 4.74 Å². The Balaban J connectivity index is 2.82. The molecule has 0 aromatic heterocycles. The molecule has 0 aliphatic carbocycles. The molecule has 0 aliphatic heterocycles. The summed E-state index contributed by atoms with van der Waals surface area (Å²) in [5, 5.41) is 7.51. The number of nitrogens with one attached hydrogen (secondary N) is 1. The molecule has 0 amide bonds. The highest BCUT2D eigenvalue weighted by atomic mass is 35.6. The molecule has 90 valence electrons. The molecule has 0 fully saturated rings. The van der Waals surface area contributed by atoms with Gasteiger partial charge in [-0.15, -0.1) is 12.3 Å². The summed E-state index contributed by atoms with van der Waals surface area (Å²) in [5.74, 6) is 2.03. The fourth-order valence-corrected chi connectivity index (χ4v) is 1.34. The summed E-state index contributed by atoms with van der Waals surface area (Å²) in [6.07, 6.45) is 5.07. The molecule has 0 heterocycles. The molecule has 0 radical (unpaired) electrons. The van der Waals surface area contributed by atoms with E-state index >= 15 is 0 Å². The van der Waals surface area contributed by atoms with Crippen LogP contribution in [0.3, 0.4) is 0 Å². The van der Waals surface area contributed by atoms with Crippen LogP contribution >= 0.6 is 34.8 Å². The SMILES string of the molecule is C#CCC(OC(=N)C(Cl)(Cl)Cl)c1ccccc1. The Kier molecular flexibility index (Phi) is 5.14. The molecule has 1 atom stereocenters. The molecule has 0 spiro atoms. The third kappa shape index (κ3) is 4.47. The van der Waals surface area contributed by atoms with Gasteiger partial charge in [0.2, 0.25) is 5.90 Å². The average Bonchev–Trinajstić information content (AvgIpc) is 2.28. The minimum atomic E-state index is -1.87. The van der Waals surface area contributed by atoms with Gasteiger partial charge in [-0.3, -0.25) is 5.41 Å². The van der Waals surface area contributed by atoms with Crippen LogP contribution in [0.15, 0.2) is 30.3 Å². The molecule has 1 N–H and O–H groups in total. The topological polar surface area (TPSA) is 33.1 Å². The van der Waals surface area contributed by atoms with Gasteiger partial charge in [0.25, 0.3) is 3.79 Å². The first kappa shape index (κ1) is 14.2. The average molecular weight is 291 g/mol.